The Kier molecular flexibility index (Phi) is 5.87. The van der Waals surface area contributed by atoms with Gasteiger partial charge in [0.1, 0.15) is 5.75 Å². The minimum Gasteiger partial charge on any atom is -0.497 e. The predicted octanol–water partition coefficient (Wildman–Crippen LogP) is 4.92. The predicted molar refractivity (Wildman–Crippen MR) is 104 cm³/mol. The molecule has 0 unspecified atom stereocenters. The van der Waals surface area contributed by atoms with Crippen LogP contribution >= 0.6 is 12.4 Å². The minimum atomic E-state index is 0. The van der Waals surface area contributed by atoms with Crippen molar-refractivity contribution in [2.45, 2.75) is 53.1 Å². The van der Waals surface area contributed by atoms with Gasteiger partial charge in [0, 0.05) is 35.7 Å². The summed E-state index contributed by atoms with van der Waals surface area (Å²) in [7, 11) is 1.74. The van der Waals surface area contributed by atoms with Gasteiger partial charge >= 0.3 is 0 Å². The number of fused-ring (bicyclic) bond motifs is 3. The number of aromatic nitrogens is 1. The highest BCUT2D eigenvalue weighted by Crippen LogP contribution is 2.38. The lowest BCUT2D eigenvalue weighted by atomic mass is 9.94. The number of aryl methyl sites for hydroxylation is 1. The van der Waals surface area contributed by atoms with Crippen molar-refractivity contribution in [2.75, 3.05) is 13.7 Å². The van der Waals surface area contributed by atoms with Crippen molar-refractivity contribution in [3.63, 3.8) is 0 Å². The molecule has 1 aliphatic rings. The van der Waals surface area contributed by atoms with Crippen LogP contribution in [0.1, 0.15) is 51.4 Å². The highest BCUT2D eigenvalue weighted by molar-refractivity contribution is 5.88. The SMILES string of the molecule is C[CH][C@H](NCC(C)(C)C)c1c2n(c3ccc(OC)cc13)CCC2.Cl. The van der Waals surface area contributed by atoms with Gasteiger partial charge in [-0.25, -0.2) is 0 Å². The second kappa shape index (κ2) is 7.37. The maximum Gasteiger partial charge on any atom is 0.119 e. The Morgan fingerprint density at radius 3 is 2.71 bits per heavy atom. The van der Waals surface area contributed by atoms with E-state index >= 15 is 0 Å². The van der Waals surface area contributed by atoms with Gasteiger partial charge in [0.25, 0.3) is 0 Å². The van der Waals surface area contributed by atoms with Crippen molar-refractivity contribution in [1.29, 1.82) is 0 Å². The second-order valence-electron chi connectivity index (χ2n) is 7.75. The molecule has 0 fully saturated rings. The lowest BCUT2D eigenvalue weighted by Crippen LogP contribution is -2.31. The van der Waals surface area contributed by atoms with Crippen LogP contribution in [0.2, 0.25) is 0 Å². The molecule has 2 aromatic rings. The van der Waals surface area contributed by atoms with E-state index in [-0.39, 0.29) is 23.9 Å². The highest BCUT2D eigenvalue weighted by Gasteiger charge is 2.26. The second-order valence-corrected chi connectivity index (χ2v) is 7.75. The molecule has 2 heterocycles. The van der Waals surface area contributed by atoms with Crippen LogP contribution in [0.3, 0.4) is 0 Å². The van der Waals surface area contributed by atoms with Gasteiger partial charge in [-0.2, -0.15) is 0 Å². The van der Waals surface area contributed by atoms with Crippen molar-refractivity contribution in [3.8, 4) is 5.75 Å². The van der Waals surface area contributed by atoms with Crippen molar-refractivity contribution in [1.82, 2.24) is 9.88 Å². The van der Waals surface area contributed by atoms with E-state index in [4.69, 9.17) is 4.74 Å². The van der Waals surface area contributed by atoms with Crippen LogP contribution in [0.4, 0.5) is 0 Å². The number of rotatable bonds is 5. The molecule has 0 amide bonds. The van der Waals surface area contributed by atoms with Gasteiger partial charge in [-0.05, 0) is 48.4 Å². The van der Waals surface area contributed by atoms with E-state index in [1.165, 1.54) is 35.0 Å². The molecule has 1 atom stereocenters. The molecule has 133 valence electrons. The number of nitrogens with one attached hydrogen (secondary N) is 1. The number of nitrogens with zero attached hydrogens (tertiary/aromatic N) is 1. The number of halogens is 1. The molecule has 0 aliphatic carbocycles. The Labute approximate surface area is 152 Å². The van der Waals surface area contributed by atoms with Crippen LogP contribution in [0.15, 0.2) is 18.2 Å². The third-order valence-corrected chi connectivity index (χ3v) is 4.71. The average molecular weight is 350 g/mol. The van der Waals surface area contributed by atoms with Gasteiger partial charge < -0.3 is 14.6 Å². The van der Waals surface area contributed by atoms with Crippen molar-refractivity contribution in [2.24, 2.45) is 5.41 Å². The summed E-state index contributed by atoms with van der Waals surface area (Å²) in [6.07, 6.45) is 4.72. The molecule has 3 nitrogen and oxygen atoms in total. The summed E-state index contributed by atoms with van der Waals surface area (Å²) in [6.45, 7) is 11.1. The zero-order valence-corrected chi connectivity index (χ0v) is 16.3. The van der Waals surface area contributed by atoms with E-state index in [9.17, 15) is 0 Å². The highest BCUT2D eigenvalue weighted by atomic mass is 35.5. The molecule has 1 aromatic carbocycles. The molecule has 0 saturated carbocycles. The monoisotopic (exact) mass is 349 g/mol. The quantitative estimate of drug-likeness (QED) is 0.829. The first-order valence-electron chi connectivity index (χ1n) is 8.66. The first kappa shape index (κ1) is 19.1. The van der Waals surface area contributed by atoms with Gasteiger partial charge in [0.2, 0.25) is 0 Å². The van der Waals surface area contributed by atoms with E-state index in [2.05, 4.69) is 62.2 Å². The molecule has 3 rings (SSSR count). The lowest BCUT2D eigenvalue weighted by molar-refractivity contribution is 0.363. The smallest absolute Gasteiger partial charge is 0.119 e. The van der Waals surface area contributed by atoms with Crippen LogP contribution in [-0.4, -0.2) is 18.2 Å². The van der Waals surface area contributed by atoms with Crippen molar-refractivity contribution in [3.05, 3.63) is 35.9 Å². The molecule has 1 aliphatic heterocycles. The van der Waals surface area contributed by atoms with E-state index in [0.717, 1.165) is 18.8 Å². The molecular weight excluding hydrogens is 320 g/mol. The Hall–Kier alpha value is -1.19. The largest absolute Gasteiger partial charge is 0.497 e. The third kappa shape index (κ3) is 3.57. The van der Waals surface area contributed by atoms with Crippen LogP contribution in [-0.2, 0) is 13.0 Å². The Bertz CT molecular complexity index is 700. The zero-order valence-electron chi connectivity index (χ0n) is 15.5. The van der Waals surface area contributed by atoms with Crippen molar-refractivity contribution < 1.29 is 4.74 Å². The molecule has 1 N–H and O–H groups in total. The first-order valence-corrected chi connectivity index (χ1v) is 8.66. The van der Waals surface area contributed by atoms with Gasteiger partial charge in [-0.1, -0.05) is 27.7 Å². The van der Waals surface area contributed by atoms with Crippen LogP contribution in [0, 0.1) is 11.8 Å². The summed E-state index contributed by atoms with van der Waals surface area (Å²) in [4.78, 5) is 0. The normalized spacial score (nSPS) is 15.2. The van der Waals surface area contributed by atoms with Crippen molar-refractivity contribution >= 4 is 23.3 Å². The first-order chi connectivity index (χ1) is 10.9. The number of methoxy groups -OCH3 is 1. The van der Waals surface area contributed by atoms with Gasteiger partial charge in [-0.3, -0.25) is 0 Å². The minimum absolute atomic E-state index is 0. The topological polar surface area (TPSA) is 26.2 Å². The Morgan fingerprint density at radius 2 is 2.08 bits per heavy atom. The number of ether oxygens (including phenoxy) is 1. The third-order valence-electron chi connectivity index (χ3n) is 4.71. The van der Waals surface area contributed by atoms with E-state index in [1.807, 2.05) is 0 Å². The number of hydrogen-bond acceptors (Lipinski definition) is 2. The van der Waals surface area contributed by atoms with Crippen LogP contribution < -0.4 is 10.1 Å². The summed E-state index contributed by atoms with van der Waals surface area (Å²) in [5.74, 6) is 0.939. The fourth-order valence-corrected chi connectivity index (χ4v) is 3.62. The molecule has 1 aromatic heterocycles. The summed E-state index contributed by atoms with van der Waals surface area (Å²) in [5.41, 5.74) is 4.57. The average Bonchev–Trinajstić information content (AvgIpc) is 3.08. The van der Waals surface area contributed by atoms with E-state index in [1.54, 1.807) is 7.11 Å². The number of hydrogen-bond donors (Lipinski definition) is 1. The Morgan fingerprint density at radius 1 is 1.33 bits per heavy atom. The summed E-state index contributed by atoms with van der Waals surface area (Å²) in [5, 5.41) is 5.10. The molecular formula is C20H30ClN2O. The number of benzene rings is 1. The lowest BCUT2D eigenvalue weighted by Gasteiger charge is -2.25. The summed E-state index contributed by atoms with van der Waals surface area (Å²) >= 11 is 0. The maximum atomic E-state index is 5.47. The van der Waals surface area contributed by atoms with E-state index in [0.29, 0.717) is 0 Å². The Balaban J connectivity index is 0.00000208. The van der Waals surface area contributed by atoms with E-state index < -0.39 is 0 Å². The van der Waals surface area contributed by atoms with Gasteiger partial charge in [0.15, 0.2) is 0 Å². The fourth-order valence-electron chi connectivity index (χ4n) is 3.62. The van der Waals surface area contributed by atoms with Gasteiger partial charge in [-0.15, -0.1) is 12.4 Å². The molecule has 0 spiro atoms. The molecule has 24 heavy (non-hydrogen) atoms. The molecule has 0 saturated heterocycles. The maximum absolute atomic E-state index is 5.47. The van der Waals surface area contributed by atoms with Crippen LogP contribution in [0.5, 0.6) is 5.75 Å². The zero-order chi connectivity index (χ0) is 16.6. The molecule has 0 bridgehead atoms. The molecule has 1 radical (unpaired) electrons. The molecule has 4 heteroatoms. The standard InChI is InChI=1S/C20H29N2O.ClH/c1-6-16(21-13-20(2,3)4)19-15-12-14(23-5)9-10-17(15)22-11-7-8-18(19)22;/h6,9-10,12,16,21H,7-8,11,13H2,1-5H3;1H/t16-;/m0./s1. The van der Waals surface area contributed by atoms with Gasteiger partial charge in [0.05, 0.1) is 7.11 Å². The fraction of sp³-hybridized carbons (Fsp3) is 0.550. The van der Waals surface area contributed by atoms with Crippen LogP contribution in [0.25, 0.3) is 10.9 Å². The summed E-state index contributed by atoms with van der Waals surface area (Å²) in [6, 6.07) is 6.78. The summed E-state index contributed by atoms with van der Waals surface area (Å²) < 4.78 is 7.97.